The maximum atomic E-state index is 14.6. The molecule has 3 aromatic rings. The fraction of sp³-hybridized carbons (Fsp3) is 0.609. The van der Waals surface area contributed by atoms with Gasteiger partial charge in [-0.15, -0.1) is 5.10 Å². The third-order valence-electron chi connectivity index (χ3n) is 16.8. The molecule has 5 aliphatic rings. The van der Waals surface area contributed by atoms with E-state index in [0.717, 1.165) is 50.6 Å². The summed E-state index contributed by atoms with van der Waals surface area (Å²) in [6, 6.07) is 16.6. The Morgan fingerprint density at radius 3 is 2.33 bits per heavy atom. The minimum absolute atomic E-state index is 0.0637. The predicted molar refractivity (Wildman–Crippen MR) is 211 cm³/mol. The van der Waals surface area contributed by atoms with E-state index in [1.54, 1.807) is 16.8 Å². The summed E-state index contributed by atoms with van der Waals surface area (Å²) in [6.07, 6.45) is 12.1. The number of hydrogen-bond donors (Lipinski definition) is 2. The van der Waals surface area contributed by atoms with Gasteiger partial charge in [0, 0.05) is 11.3 Å². The van der Waals surface area contributed by atoms with E-state index in [-0.39, 0.29) is 52.2 Å². The summed E-state index contributed by atoms with van der Waals surface area (Å²) in [6.45, 7) is 19.2. The summed E-state index contributed by atoms with van der Waals surface area (Å²) in [5.41, 5.74) is 3.84. The average molecular weight is 733 g/mol. The van der Waals surface area contributed by atoms with Crippen LogP contribution in [0.25, 0.3) is 5.69 Å². The number of ether oxygens (including phenoxy) is 1. The number of aliphatic hydroxyl groups is 1. The van der Waals surface area contributed by atoms with Gasteiger partial charge in [0.15, 0.2) is 0 Å². The van der Waals surface area contributed by atoms with Crippen LogP contribution < -0.4 is 5.32 Å². The molecule has 1 aromatic heterocycles. The van der Waals surface area contributed by atoms with Crippen LogP contribution in [0.1, 0.15) is 122 Å². The zero-order chi connectivity index (χ0) is 38.3. The van der Waals surface area contributed by atoms with E-state index < -0.39 is 5.41 Å². The van der Waals surface area contributed by atoms with Crippen LogP contribution in [0.2, 0.25) is 0 Å². The van der Waals surface area contributed by atoms with Crippen LogP contribution in [0.5, 0.6) is 0 Å². The first kappa shape index (κ1) is 37.2. The topological polar surface area (TPSA) is 106 Å². The van der Waals surface area contributed by atoms with Gasteiger partial charge in [0.05, 0.1) is 23.4 Å². The van der Waals surface area contributed by atoms with Gasteiger partial charge in [0.1, 0.15) is 12.3 Å². The van der Waals surface area contributed by atoms with Crippen molar-refractivity contribution in [2.45, 2.75) is 118 Å². The predicted octanol–water partition coefficient (Wildman–Crippen LogP) is 9.58. The van der Waals surface area contributed by atoms with Gasteiger partial charge < -0.3 is 15.2 Å². The summed E-state index contributed by atoms with van der Waals surface area (Å²) in [4.78, 5) is 27.1. The second kappa shape index (κ2) is 13.2. The van der Waals surface area contributed by atoms with Gasteiger partial charge in [-0.3, -0.25) is 9.59 Å². The molecule has 8 heteroatoms. The first-order valence-electron chi connectivity index (χ1n) is 20.5. The van der Waals surface area contributed by atoms with Crippen LogP contribution in [0, 0.1) is 56.7 Å². The first-order chi connectivity index (χ1) is 25.6. The zero-order valence-electron chi connectivity index (χ0n) is 33.2. The van der Waals surface area contributed by atoms with Gasteiger partial charge in [-0.1, -0.05) is 70.2 Å². The van der Waals surface area contributed by atoms with E-state index in [4.69, 9.17) is 4.74 Å². The van der Waals surface area contributed by atoms with Crippen LogP contribution in [-0.2, 0) is 16.1 Å². The third-order valence-corrected chi connectivity index (χ3v) is 16.8. The number of allylic oxidation sites excluding steroid dienone is 1. The second-order valence-corrected chi connectivity index (χ2v) is 19.3. The van der Waals surface area contributed by atoms with E-state index in [9.17, 15) is 14.7 Å². The van der Waals surface area contributed by atoms with Crippen LogP contribution in [-0.4, -0.2) is 38.1 Å². The maximum absolute atomic E-state index is 14.6. The smallest absolute Gasteiger partial charge is 0.312 e. The molecule has 0 spiro atoms. The maximum Gasteiger partial charge on any atom is 0.312 e. The summed E-state index contributed by atoms with van der Waals surface area (Å²) in [7, 11) is 0. The highest BCUT2D eigenvalue weighted by molar-refractivity contribution is 6.04. The molecule has 10 atom stereocenters. The SMILES string of the molecule is C=C(C)[C@@H]1CC[C@]2(C(=O)OCc3cn(-c4ccc(NC(=O)c5ccccc5)cc4)nn3)CC[C@]3(C)[C@H](CC[C@@H]4[C@@]5(C)CC[C@H](O)C(C)(C)[C@@H]5CC[C@]43C)[C@@H]12. The molecule has 8 rings (SSSR count). The molecule has 0 aliphatic heterocycles. The molecular formula is C46H60N4O4. The van der Waals surface area contributed by atoms with E-state index in [1.807, 2.05) is 48.7 Å². The first-order valence-corrected chi connectivity index (χ1v) is 20.5. The van der Waals surface area contributed by atoms with Crippen LogP contribution >= 0.6 is 0 Å². The van der Waals surface area contributed by atoms with Crippen molar-refractivity contribution >= 4 is 17.6 Å². The molecule has 5 aliphatic carbocycles. The van der Waals surface area contributed by atoms with Gasteiger partial charge in [0.2, 0.25) is 0 Å². The number of carbonyl (C=O) groups excluding carboxylic acids is 2. The molecule has 5 fully saturated rings. The lowest BCUT2D eigenvalue weighted by Crippen LogP contribution is -2.67. The van der Waals surface area contributed by atoms with E-state index >= 15 is 0 Å². The molecule has 0 bridgehead atoms. The Kier molecular flexibility index (Phi) is 9.06. The molecule has 5 saturated carbocycles. The fourth-order valence-electron chi connectivity index (χ4n) is 13.7. The number of hydrogen-bond acceptors (Lipinski definition) is 6. The second-order valence-electron chi connectivity index (χ2n) is 19.3. The van der Waals surface area contributed by atoms with E-state index in [1.165, 1.54) is 24.8 Å². The van der Waals surface area contributed by atoms with Crippen LogP contribution in [0.4, 0.5) is 5.69 Å². The van der Waals surface area contributed by atoms with Gasteiger partial charge in [-0.2, -0.15) is 0 Å². The minimum atomic E-state index is -0.509. The summed E-state index contributed by atoms with van der Waals surface area (Å²) in [5, 5.41) is 22.7. The monoisotopic (exact) mass is 732 g/mol. The summed E-state index contributed by atoms with van der Waals surface area (Å²) in [5.74, 6) is 1.90. The molecular weight excluding hydrogens is 673 g/mol. The van der Waals surface area contributed by atoms with E-state index in [2.05, 4.69) is 63.8 Å². The minimum Gasteiger partial charge on any atom is -0.459 e. The Morgan fingerprint density at radius 1 is 0.870 bits per heavy atom. The van der Waals surface area contributed by atoms with Gasteiger partial charge in [-0.05, 0) is 159 Å². The molecule has 288 valence electrons. The molecule has 0 radical (unpaired) electrons. The fourth-order valence-corrected chi connectivity index (χ4v) is 13.7. The normalized spacial score (nSPS) is 37.9. The van der Waals surface area contributed by atoms with Crippen molar-refractivity contribution in [3.05, 3.63) is 84.2 Å². The Hall–Kier alpha value is -3.78. The highest BCUT2D eigenvalue weighted by Crippen LogP contribution is 2.77. The molecule has 8 nitrogen and oxygen atoms in total. The van der Waals surface area contributed by atoms with Crippen molar-refractivity contribution in [2.75, 3.05) is 5.32 Å². The Labute approximate surface area is 321 Å². The molecule has 1 heterocycles. The summed E-state index contributed by atoms with van der Waals surface area (Å²) < 4.78 is 7.94. The van der Waals surface area contributed by atoms with Crippen molar-refractivity contribution in [2.24, 2.45) is 56.7 Å². The van der Waals surface area contributed by atoms with E-state index in [0.29, 0.717) is 40.6 Å². The average Bonchev–Trinajstić information content (AvgIpc) is 3.80. The highest BCUT2D eigenvalue weighted by Gasteiger charge is 2.72. The number of aliphatic hydroxyl groups excluding tert-OH is 1. The number of nitrogens with one attached hydrogen (secondary N) is 1. The van der Waals surface area contributed by atoms with Crippen molar-refractivity contribution in [3.63, 3.8) is 0 Å². The molecule has 0 saturated heterocycles. The number of carbonyl (C=O) groups is 2. The standard InChI is InChI=1S/C46H60N4O4/c1-29(2)34-19-24-46(41(53)54-28-32-27-50(49-48-32)33-15-13-31(14-16-33)47-40(52)30-11-9-8-10-12-30)26-25-44(6)35(39(34)46)17-18-37-43(5)22-21-38(51)42(3,4)36(43)20-23-45(37,44)7/h8-16,27,34-39,51H,1,17-26,28H2,2-7H3,(H,47,52)/t34-,35+,36-,37+,38-,39+,43-,44+,45+,46-/m0/s1. The van der Waals surface area contributed by atoms with Crippen molar-refractivity contribution < 1.29 is 19.4 Å². The highest BCUT2D eigenvalue weighted by atomic mass is 16.5. The number of rotatable bonds is 7. The molecule has 2 N–H and O–H groups in total. The lowest BCUT2D eigenvalue weighted by molar-refractivity contribution is -0.248. The third kappa shape index (κ3) is 5.55. The Balaban J connectivity index is 0.982. The molecule has 0 unspecified atom stereocenters. The van der Waals surface area contributed by atoms with Crippen molar-refractivity contribution in [1.29, 1.82) is 0 Å². The van der Waals surface area contributed by atoms with Crippen molar-refractivity contribution in [1.82, 2.24) is 15.0 Å². The number of anilines is 1. The number of aromatic nitrogens is 3. The number of nitrogens with zero attached hydrogens (tertiary/aromatic N) is 3. The van der Waals surface area contributed by atoms with Crippen LogP contribution in [0.3, 0.4) is 0 Å². The largest absolute Gasteiger partial charge is 0.459 e. The van der Waals surface area contributed by atoms with Gasteiger partial charge in [-0.25, -0.2) is 4.68 Å². The lowest BCUT2D eigenvalue weighted by Gasteiger charge is -2.72. The van der Waals surface area contributed by atoms with Crippen LogP contribution in [0.15, 0.2) is 72.9 Å². The molecule has 54 heavy (non-hydrogen) atoms. The Bertz CT molecular complexity index is 1920. The lowest BCUT2D eigenvalue weighted by atomic mass is 9.32. The Morgan fingerprint density at radius 2 is 1.61 bits per heavy atom. The number of fused-ring (bicyclic) bond motifs is 7. The van der Waals surface area contributed by atoms with Crippen molar-refractivity contribution in [3.8, 4) is 5.69 Å². The zero-order valence-corrected chi connectivity index (χ0v) is 33.2. The molecule has 2 aromatic carbocycles. The number of benzene rings is 2. The quantitative estimate of drug-likeness (QED) is 0.185. The van der Waals surface area contributed by atoms with Gasteiger partial charge in [0.25, 0.3) is 5.91 Å². The number of amides is 1. The van der Waals surface area contributed by atoms with Gasteiger partial charge >= 0.3 is 5.97 Å². The summed E-state index contributed by atoms with van der Waals surface area (Å²) >= 11 is 0. The number of esters is 1. The molecule has 1 amide bonds.